The molecular formula is C37H29ClN4O5S. The summed E-state index contributed by atoms with van der Waals surface area (Å²) in [6.45, 7) is 1.89. The van der Waals surface area contributed by atoms with Crippen LogP contribution in [0.25, 0.3) is 6.08 Å². The summed E-state index contributed by atoms with van der Waals surface area (Å²) in [5.41, 5.74) is 2.75. The van der Waals surface area contributed by atoms with E-state index in [1.807, 2.05) is 43.3 Å². The van der Waals surface area contributed by atoms with Gasteiger partial charge in [0.05, 0.1) is 10.5 Å². The Morgan fingerprint density at radius 3 is 2.15 bits per heavy atom. The highest BCUT2D eigenvalue weighted by molar-refractivity contribution is 8.00. The number of halogens is 1. The molecule has 0 aliphatic rings. The normalized spacial score (nSPS) is 11.7. The van der Waals surface area contributed by atoms with E-state index in [-0.39, 0.29) is 22.9 Å². The second-order valence-electron chi connectivity index (χ2n) is 10.5. The van der Waals surface area contributed by atoms with Crippen LogP contribution >= 0.6 is 23.4 Å². The van der Waals surface area contributed by atoms with Crippen molar-refractivity contribution in [1.82, 2.24) is 5.32 Å². The van der Waals surface area contributed by atoms with Crippen molar-refractivity contribution < 1.29 is 19.3 Å². The van der Waals surface area contributed by atoms with Crippen molar-refractivity contribution in [3.05, 3.63) is 170 Å². The van der Waals surface area contributed by atoms with Gasteiger partial charge in [0.2, 0.25) is 5.91 Å². The molecule has 0 aliphatic heterocycles. The van der Waals surface area contributed by atoms with E-state index in [1.165, 1.54) is 36.0 Å². The highest BCUT2D eigenvalue weighted by Crippen LogP contribution is 2.37. The van der Waals surface area contributed by atoms with Crippen molar-refractivity contribution in [1.29, 1.82) is 0 Å². The first kappa shape index (κ1) is 33.6. The monoisotopic (exact) mass is 676 g/mol. The number of hydrogen-bond acceptors (Lipinski definition) is 6. The number of rotatable bonds is 11. The van der Waals surface area contributed by atoms with Gasteiger partial charge in [-0.2, -0.15) is 0 Å². The molecule has 0 radical (unpaired) electrons. The van der Waals surface area contributed by atoms with E-state index in [1.54, 1.807) is 72.8 Å². The topological polar surface area (TPSA) is 130 Å². The summed E-state index contributed by atoms with van der Waals surface area (Å²) in [6.07, 6.45) is 1.27. The lowest BCUT2D eigenvalue weighted by atomic mass is 10.1. The highest BCUT2D eigenvalue weighted by Gasteiger charge is 2.23. The van der Waals surface area contributed by atoms with Gasteiger partial charge in [-0.25, -0.2) is 0 Å². The fourth-order valence-electron chi connectivity index (χ4n) is 4.65. The Hall–Kier alpha value is -5.71. The molecule has 1 unspecified atom stereocenters. The lowest BCUT2D eigenvalue weighted by Crippen LogP contribution is -2.30. The molecular weight excluding hydrogens is 648 g/mol. The van der Waals surface area contributed by atoms with E-state index in [0.717, 1.165) is 16.0 Å². The Balaban J connectivity index is 1.36. The SMILES string of the molecule is Cc1ccc(Cl)cc1NC(=O)C(Sc1ccc(NC(=O)/C(=C/c2ccccc2[N+](=O)[O-])NC(=O)c2ccccc2)cc1)c1ccccc1. The molecule has 0 saturated carbocycles. The molecule has 5 aromatic carbocycles. The average Bonchev–Trinajstić information content (AvgIpc) is 3.10. The van der Waals surface area contributed by atoms with Crippen LogP contribution in [0.5, 0.6) is 0 Å². The summed E-state index contributed by atoms with van der Waals surface area (Å²) in [5.74, 6) is -1.47. The molecule has 1 atom stereocenters. The maximum atomic E-state index is 13.6. The number of amides is 3. The summed E-state index contributed by atoms with van der Waals surface area (Å²) < 4.78 is 0. The summed E-state index contributed by atoms with van der Waals surface area (Å²) in [6, 6.07) is 35.8. The van der Waals surface area contributed by atoms with E-state index in [2.05, 4.69) is 16.0 Å². The van der Waals surface area contributed by atoms with Gasteiger partial charge in [-0.3, -0.25) is 24.5 Å². The van der Waals surface area contributed by atoms with Crippen molar-refractivity contribution >= 4 is 64.2 Å². The maximum Gasteiger partial charge on any atom is 0.276 e. The molecule has 5 aromatic rings. The third kappa shape index (κ3) is 8.75. The van der Waals surface area contributed by atoms with Crippen molar-refractivity contribution in [2.45, 2.75) is 17.1 Å². The van der Waals surface area contributed by atoms with Crippen LogP contribution in [0, 0.1) is 17.0 Å². The quantitative estimate of drug-likeness (QED) is 0.0557. The number of para-hydroxylation sites is 1. The van der Waals surface area contributed by atoms with Crippen molar-refractivity contribution in [2.75, 3.05) is 10.6 Å². The summed E-state index contributed by atoms with van der Waals surface area (Å²) in [5, 5.41) is 19.9. The lowest BCUT2D eigenvalue weighted by molar-refractivity contribution is -0.385. The van der Waals surface area contributed by atoms with E-state index in [9.17, 15) is 24.5 Å². The second kappa shape index (κ2) is 15.7. The van der Waals surface area contributed by atoms with Crippen molar-refractivity contribution in [3.63, 3.8) is 0 Å². The number of carbonyl (C=O) groups excluding carboxylic acids is 3. The van der Waals surface area contributed by atoms with Crippen LogP contribution in [0.4, 0.5) is 17.1 Å². The molecule has 0 heterocycles. The molecule has 0 fully saturated rings. The molecule has 0 aliphatic carbocycles. The third-order valence-electron chi connectivity index (χ3n) is 7.13. The van der Waals surface area contributed by atoms with Crippen LogP contribution in [0.3, 0.4) is 0 Å². The van der Waals surface area contributed by atoms with Gasteiger partial charge in [-0.15, -0.1) is 11.8 Å². The number of nitro benzene ring substituents is 1. The van der Waals surface area contributed by atoms with Crippen molar-refractivity contribution in [3.8, 4) is 0 Å². The molecule has 240 valence electrons. The Bertz CT molecular complexity index is 1990. The minimum Gasteiger partial charge on any atom is -0.325 e. The fraction of sp³-hybridized carbons (Fsp3) is 0.0541. The van der Waals surface area contributed by atoms with E-state index < -0.39 is 22.0 Å². The zero-order valence-electron chi connectivity index (χ0n) is 25.6. The van der Waals surface area contributed by atoms with Gasteiger partial charge >= 0.3 is 0 Å². The first-order valence-corrected chi connectivity index (χ1v) is 16.0. The number of carbonyl (C=O) groups is 3. The number of thioether (sulfide) groups is 1. The number of anilines is 2. The largest absolute Gasteiger partial charge is 0.325 e. The molecule has 5 rings (SSSR count). The van der Waals surface area contributed by atoms with Gasteiger partial charge in [0.1, 0.15) is 10.9 Å². The van der Waals surface area contributed by atoms with Crippen LogP contribution < -0.4 is 16.0 Å². The molecule has 0 aromatic heterocycles. The van der Waals surface area contributed by atoms with Gasteiger partial charge < -0.3 is 16.0 Å². The number of aryl methyl sites for hydroxylation is 1. The molecule has 3 N–H and O–H groups in total. The van der Waals surface area contributed by atoms with E-state index >= 15 is 0 Å². The van der Waals surface area contributed by atoms with Gasteiger partial charge in [0.15, 0.2) is 0 Å². The minimum atomic E-state index is -0.684. The third-order valence-corrected chi connectivity index (χ3v) is 8.63. The summed E-state index contributed by atoms with van der Waals surface area (Å²) >= 11 is 7.51. The van der Waals surface area contributed by atoms with Crippen LogP contribution in [0.2, 0.25) is 5.02 Å². The van der Waals surface area contributed by atoms with Crippen LogP contribution in [-0.4, -0.2) is 22.6 Å². The van der Waals surface area contributed by atoms with Crippen molar-refractivity contribution in [2.24, 2.45) is 0 Å². The van der Waals surface area contributed by atoms with Gasteiger partial charge in [0, 0.05) is 32.9 Å². The Kier molecular flexibility index (Phi) is 11.0. The number of nitro groups is 1. The Labute approximate surface area is 286 Å². The van der Waals surface area contributed by atoms with Crippen LogP contribution in [-0.2, 0) is 9.59 Å². The van der Waals surface area contributed by atoms with Crippen LogP contribution in [0.1, 0.15) is 32.3 Å². The second-order valence-corrected chi connectivity index (χ2v) is 12.1. The number of nitrogens with zero attached hydrogens (tertiary/aromatic N) is 1. The van der Waals surface area contributed by atoms with Gasteiger partial charge in [-0.1, -0.05) is 78.3 Å². The molecule has 9 nitrogen and oxygen atoms in total. The fourth-order valence-corrected chi connectivity index (χ4v) is 5.85. The predicted octanol–water partition coefficient (Wildman–Crippen LogP) is 8.44. The Morgan fingerprint density at radius 2 is 1.46 bits per heavy atom. The standard InChI is InChI=1S/C37H29ClN4O5S/c1-24-16-17-28(38)23-31(24)40-37(45)34(25-10-4-2-5-11-25)48-30-20-18-29(19-21-30)39-36(44)32(41-35(43)26-12-6-3-7-13-26)22-27-14-8-9-15-33(27)42(46)47/h2-23,34H,1H3,(H,39,44)(H,40,45)(H,41,43)/b32-22-. The molecule has 48 heavy (non-hydrogen) atoms. The molecule has 0 bridgehead atoms. The summed E-state index contributed by atoms with van der Waals surface area (Å²) in [7, 11) is 0. The highest BCUT2D eigenvalue weighted by atomic mass is 35.5. The average molecular weight is 677 g/mol. The van der Waals surface area contributed by atoms with Crippen LogP contribution in [0.15, 0.2) is 138 Å². The minimum absolute atomic E-state index is 0.144. The smallest absolute Gasteiger partial charge is 0.276 e. The number of nitrogens with one attached hydrogen (secondary N) is 3. The molecule has 0 spiro atoms. The number of hydrogen-bond donors (Lipinski definition) is 3. The van der Waals surface area contributed by atoms with E-state index in [4.69, 9.17) is 11.6 Å². The van der Waals surface area contributed by atoms with Gasteiger partial charge in [-0.05, 0) is 78.7 Å². The Morgan fingerprint density at radius 1 is 0.812 bits per heavy atom. The zero-order chi connectivity index (χ0) is 34.0. The first-order valence-electron chi connectivity index (χ1n) is 14.7. The van der Waals surface area contributed by atoms with Gasteiger partial charge in [0.25, 0.3) is 17.5 Å². The molecule has 0 saturated heterocycles. The molecule has 3 amide bonds. The predicted molar refractivity (Wildman–Crippen MR) is 190 cm³/mol. The summed E-state index contributed by atoms with van der Waals surface area (Å²) in [4.78, 5) is 51.9. The lowest BCUT2D eigenvalue weighted by Gasteiger charge is -2.18. The first-order chi connectivity index (χ1) is 23.2. The zero-order valence-corrected chi connectivity index (χ0v) is 27.1. The van der Waals surface area contributed by atoms with E-state index in [0.29, 0.717) is 22.0 Å². The molecule has 11 heteroatoms. The number of benzene rings is 5. The maximum absolute atomic E-state index is 13.6.